The van der Waals surface area contributed by atoms with Crippen molar-refractivity contribution < 1.29 is 9.18 Å². The van der Waals surface area contributed by atoms with Crippen molar-refractivity contribution in [3.63, 3.8) is 0 Å². The van der Waals surface area contributed by atoms with Gasteiger partial charge in [0.2, 0.25) is 11.9 Å². The van der Waals surface area contributed by atoms with Gasteiger partial charge in [-0.1, -0.05) is 12.8 Å². The average molecular weight is 358 g/mol. The minimum absolute atomic E-state index is 0.166. The van der Waals surface area contributed by atoms with Gasteiger partial charge in [-0.25, -0.2) is 9.97 Å². The Bertz CT molecular complexity index is 713. The molecule has 1 saturated heterocycles. The number of nitrogens with one attached hydrogen (secondary N) is 1. The summed E-state index contributed by atoms with van der Waals surface area (Å²) in [6.45, 7) is 0.868. The zero-order valence-electron chi connectivity index (χ0n) is 15.2. The fraction of sp³-hybridized carbons (Fsp3) is 0.750. The Hall–Kier alpha value is -1.72. The second kappa shape index (κ2) is 6.17. The minimum Gasteiger partial charge on any atom is -0.351 e. The molecule has 4 aliphatic rings. The SMILES string of the molecule is O=C(NC12CCCC1N(c1cc(F)ncn1)CCC2)C1CC2CCCC21. The van der Waals surface area contributed by atoms with Crippen LogP contribution in [0.25, 0.3) is 0 Å². The highest BCUT2D eigenvalue weighted by Gasteiger charge is 2.53. The first-order chi connectivity index (χ1) is 12.7. The summed E-state index contributed by atoms with van der Waals surface area (Å²) < 4.78 is 13.6. The standard InChI is InChI=1S/C20H27FN4O/c21-17-11-18(23-12-22-17)25-9-3-8-20(7-2-6-16(20)25)24-19(26)15-10-13-4-1-5-14(13)15/h11-16H,1-10H2,(H,24,26). The Morgan fingerprint density at radius 3 is 2.92 bits per heavy atom. The van der Waals surface area contributed by atoms with Gasteiger partial charge in [0.15, 0.2) is 0 Å². The van der Waals surface area contributed by atoms with Crippen molar-refractivity contribution >= 4 is 11.7 Å². The Morgan fingerprint density at radius 1 is 1.19 bits per heavy atom. The predicted octanol–water partition coefficient (Wildman–Crippen LogP) is 3.06. The van der Waals surface area contributed by atoms with Gasteiger partial charge in [-0.05, 0) is 56.8 Å². The second-order valence-corrected chi connectivity index (χ2v) is 8.75. The van der Waals surface area contributed by atoms with Gasteiger partial charge < -0.3 is 10.2 Å². The maximum Gasteiger partial charge on any atom is 0.223 e. The fourth-order valence-corrected chi connectivity index (χ4v) is 6.32. The van der Waals surface area contributed by atoms with Crippen LogP contribution in [-0.4, -0.2) is 34.0 Å². The van der Waals surface area contributed by atoms with Crippen LogP contribution in [0.1, 0.15) is 57.8 Å². The molecule has 1 aromatic rings. The molecule has 5 nitrogen and oxygen atoms in total. The number of fused-ring (bicyclic) bond motifs is 2. The van der Waals surface area contributed by atoms with Crippen LogP contribution in [0.3, 0.4) is 0 Å². The summed E-state index contributed by atoms with van der Waals surface area (Å²) in [5, 5.41) is 3.51. The summed E-state index contributed by atoms with van der Waals surface area (Å²) in [6, 6.07) is 1.64. The van der Waals surface area contributed by atoms with Gasteiger partial charge >= 0.3 is 0 Å². The highest BCUT2D eigenvalue weighted by atomic mass is 19.1. The number of hydrogen-bond acceptors (Lipinski definition) is 4. The lowest BCUT2D eigenvalue weighted by molar-refractivity contribution is -0.134. The maximum atomic E-state index is 13.6. The van der Waals surface area contributed by atoms with Gasteiger partial charge in [0.25, 0.3) is 0 Å². The molecular weight excluding hydrogens is 331 g/mol. The van der Waals surface area contributed by atoms with E-state index in [2.05, 4.69) is 20.2 Å². The van der Waals surface area contributed by atoms with E-state index in [1.165, 1.54) is 31.7 Å². The van der Waals surface area contributed by atoms with Gasteiger partial charge in [0, 0.05) is 18.5 Å². The molecule has 1 N–H and O–H groups in total. The van der Waals surface area contributed by atoms with E-state index in [0.29, 0.717) is 11.7 Å². The monoisotopic (exact) mass is 358 g/mol. The van der Waals surface area contributed by atoms with Crippen molar-refractivity contribution in [2.75, 3.05) is 11.4 Å². The number of carbonyl (C=O) groups is 1. The third-order valence-corrected chi connectivity index (χ3v) is 7.55. The molecule has 0 radical (unpaired) electrons. The molecule has 140 valence electrons. The van der Waals surface area contributed by atoms with E-state index in [4.69, 9.17) is 0 Å². The molecule has 3 saturated carbocycles. The highest BCUT2D eigenvalue weighted by molar-refractivity contribution is 5.81. The number of piperidine rings is 1. The van der Waals surface area contributed by atoms with E-state index in [1.54, 1.807) is 0 Å². The van der Waals surface area contributed by atoms with E-state index in [9.17, 15) is 9.18 Å². The van der Waals surface area contributed by atoms with Crippen LogP contribution < -0.4 is 10.2 Å². The van der Waals surface area contributed by atoms with Crippen LogP contribution in [0.4, 0.5) is 10.2 Å². The van der Waals surface area contributed by atoms with Crippen LogP contribution in [0.15, 0.2) is 12.4 Å². The van der Waals surface area contributed by atoms with Crippen LogP contribution in [0.2, 0.25) is 0 Å². The summed E-state index contributed by atoms with van der Waals surface area (Å²) in [5.41, 5.74) is -0.166. The van der Waals surface area contributed by atoms with Gasteiger partial charge in [0.05, 0.1) is 11.6 Å². The molecule has 0 spiro atoms. The molecule has 5 rings (SSSR count). The molecule has 0 bridgehead atoms. The summed E-state index contributed by atoms with van der Waals surface area (Å²) in [7, 11) is 0. The van der Waals surface area contributed by atoms with E-state index in [1.807, 2.05) is 0 Å². The van der Waals surface area contributed by atoms with Crippen molar-refractivity contribution in [3.8, 4) is 0 Å². The number of anilines is 1. The smallest absolute Gasteiger partial charge is 0.223 e. The molecular formula is C20H27FN4O. The molecule has 5 unspecified atom stereocenters. The number of carbonyl (C=O) groups excluding carboxylic acids is 1. The van der Waals surface area contributed by atoms with Gasteiger partial charge in [-0.15, -0.1) is 0 Å². The van der Waals surface area contributed by atoms with Crippen LogP contribution in [0, 0.1) is 23.7 Å². The number of hydrogen-bond donors (Lipinski definition) is 1. The predicted molar refractivity (Wildman–Crippen MR) is 96.0 cm³/mol. The highest BCUT2D eigenvalue weighted by Crippen LogP contribution is 2.52. The normalized spacial score (nSPS) is 38.4. The molecule has 4 fully saturated rings. The van der Waals surface area contributed by atoms with Gasteiger partial charge in [-0.3, -0.25) is 4.79 Å². The van der Waals surface area contributed by atoms with Crippen molar-refractivity contribution in [2.24, 2.45) is 17.8 Å². The number of amides is 1. The number of rotatable bonds is 3. The molecule has 3 aliphatic carbocycles. The lowest BCUT2D eigenvalue weighted by Crippen LogP contribution is -2.64. The van der Waals surface area contributed by atoms with Crippen molar-refractivity contribution in [2.45, 2.75) is 69.4 Å². The van der Waals surface area contributed by atoms with Crippen LogP contribution >= 0.6 is 0 Å². The quantitative estimate of drug-likeness (QED) is 0.844. The van der Waals surface area contributed by atoms with Crippen molar-refractivity contribution in [1.82, 2.24) is 15.3 Å². The Kier molecular flexibility index (Phi) is 3.90. The summed E-state index contributed by atoms with van der Waals surface area (Å²) in [4.78, 5) is 23.2. The topological polar surface area (TPSA) is 58.1 Å². The van der Waals surface area contributed by atoms with Gasteiger partial charge in [-0.2, -0.15) is 4.39 Å². The molecule has 26 heavy (non-hydrogen) atoms. The molecule has 2 heterocycles. The number of halogens is 1. The summed E-state index contributed by atoms with van der Waals surface area (Å²) in [6.07, 6.45) is 11.4. The molecule has 0 aromatic carbocycles. The Labute approximate surface area is 153 Å². The largest absolute Gasteiger partial charge is 0.351 e. The fourth-order valence-electron chi connectivity index (χ4n) is 6.32. The van der Waals surface area contributed by atoms with E-state index in [-0.39, 0.29) is 23.4 Å². The van der Waals surface area contributed by atoms with E-state index in [0.717, 1.165) is 51.0 Å². The Morgan fingerprint density at radius 2 is 2.08 bits per heavy atom. The molecule has 1 aliphatic heterocycles. The first-order valence-electron chi connectivity index (χ1n) is 10.2. The maximum absolute atomic E-state index is 13.6. The average Bonchev–Trinajstić information content (AvgIpc) is 3.18. The van der Waals surface area contributed by atoms with Crippen molar-refractivity contribution in [1.29, 1.82) is 0 Å². The van der Waals surface area contributed by atoms with Crippen molar-refractivity contribution in [3.05, 3.63) is 18.3 Å². The lowest BCUT2D eigenvalue weighted by Gasteiger charge is -2.49. The van der Waals surface area contributed by atoms with Gasteiger partial charge in [0.1, 0.15) is 12.1 Å². The zero-order valence-corrected chi connectivity index (χ0v) is 15.2. The van der Waals surface area contributed by atoms with E-state index < -0.39 is 5.95 Å². The van der Waals surface area contributed by atoms with E-state index >= 15 is 0 Å². The third kappa shape index (κ3) is 2.52. The molecule has 1 aromatic heterocycles. The first kappa shape index (κ1) is 16.5. The molecule has 1 amide bonds. The number of nitrogens with zero attached hydrogens (tertiary/aromatic N) is 3. The zero-order chi connectivity index (χ0) is 17.7. The summed E-state index contributed by atoms with van der Waals surface area (Å²) in [5.74, 6) is 2.09. The Balaban J connectivity index is 1.36. The number of aromatic nitrogens is 2. The first-order valence-corrected chi connectivity index (χ1v) is 10.2. The van der Waals surface area contributed by atoms with Crippen LogP contribution in [-0.2, 0) is 4.79 Å². The molecule has 6 heteroatoms. The lowest BCUT2D eigenvalue weighted by atomic mass is 9.66. The summed E-state index contributed by atoms with van der Waals surface area (Å²) >= 11 is 0. The third-order valence-electron chi connectivity index (χ3n) is 7.55. The van der Waals surface area contributed by atoms with Crippen LogP contribution in [0.5, 0.6) is 0 Å². The minimum atomic E-state index is -0.491. The molecule has 5 atom stereocenters. The second-order valence-electron chi connectivity index (χ2n) is 8.75.